The zero-order valence-corrected chi connectivity index (χ0v) is 18.3. The molecule has 34 heavy (non-hydrogen) atoms. The number of ether oxygens (including phenoxy) is 2. The fourth-order valence-corrected chi connectivity index (χ4v) is 4.01. The highest BCUT2D eigenvalue weighted by molar-refractivity contribution is 6.06. The Hall–Kier alpha value is -4.27. The van der Waals surface area contributed by atoms with E-state index in [0.29, 0.717) is 34.1 Å². The van der Waals surface area contributed by atoms with Gasteiger partial charge < -0.3 is 30.3 Å². The van der Waals surface area contributed by atoms with Crippen molar-refractivity contribution in [2.24, 2.45) is 0 Å². The summed E-state index contributed by atoms with van der Waals surface area (Å²) in [5.41, 5.74) is 2.84. The van der Waals surface area contributed by atoms with Gasteiger partial charge in [0.05, 0.1) is 11.4 Å². The number of hydrogen-bond donors (Lipinski definition) is 3. The fraction of sp³-hybridized carbons (Fsp3) is 0.200. The molecule has 3 amide bonds. The number of nitrogens with zero attached hydrogens (tertiary/aromatic N) is 1. The third-order valence-corrected chi connectivity index (χ3v) is 5.69. The maximum absolute atomic E-state index is 13.2. The monoisotopic (exact) mass is 462 g/mol. The third kappa shape index (κ3) is 4.73. The summed E-state index contributed by atoms with van der Waals surface area (Å²) in [6, 6.07) is 15.4. The van der Waals surface area contributed by atoms with Crippen molar-refractivity contribution >= 4 is 34.7 Å². The molecule has 5 rings (SSSR count). The fourth-order valence-electron chi connectivity index (χ4n) is 4.01. The topological polar surface area (TPSA) is 91.9 Å². The molecule has 0 saturated carbocycles. The molecule has 1 fully saturated rings. The molecule has 174 valence electrons. The van der Waals surface area contributed by atoms with Crippen LogP contribution in [0.25, 0.3) is 0 Å². The van der Waals surface area contributed by atoms with Gasteiger partial charge in [-0.15, -0.1) is 0 Å². The van der Waals surface area contributed by atoms with Crippen molar-refractivity contribution in [2.45, 2.75) is 12.8 Å². The Morgan fingerprint density at radius 2 is 1.50 bits per heavy atom. The van der Waals surface area contributed by atoms with E-state index in [4.69, 9.17) is 9.47 Å². The molecule has 3 aromatic carbocycles. The number of carbonyl (C=O) groups is 2. The highest BCUT2D eigenvalue weighted by Crippen LogP contribution is 2.35. The van der Waals surface area contributed by atoms with Crippen LogP contribution in [-0.4, -0.2) is 31.8 Å². The molecule has 2 aliphatic heterocycles. The number of halogens is 1. The quantitative estimate of drug-likeness (QED) is 0.494. The number of nitrogens with one attached hydrogen (secondary N) is 3. The number of amides is 3. The first-order valence-electron chi connectivity index (χ1n) is 11.0. The Kier molecular flexibility index (Phi) is 5.90. The number of rotatable bonds is 5. The van der Waals surface area contributed by atoms with Crippen molar-refractivity contribution in [1.82, 2.24) is 0 Å². The van der Waals surface area contributed by atoms with Gasteiger partial charge in [-0.25, -0.2) is 9.18 Å². The molecule has 0 unspecified atom stereocenters. The number of anilines is 4. The second-order valence-corrected chi connectivity index (χ2v) is 8.03. The molecular weight excluding hydrogens is 439 g/mol. The maximum Gasteiger partial charge on any atom is 0.323 e. The van der Waals surface area contributed by atoms with Crippen molar-refractivity contribution in [3.63, 3.8) is 0 Å². The van der Waals surface area contributed by atoms with E-state index in [2.05, 4.69) is 20.9 Å². The van der Waals surface area contributed by atoms with Crippen LogP contribution in [0.5, 0.6) is 11.5 Å². The summed E-state index contributed by atoms with van der Waals surface area (Å²) in [6.45, 7) is 1.93. The minimum absolute atomic E-state index is 0.153. The number of urea groups is 1. The largest absolute Gasteiger partial charge is 0.454 e. The summed E-state index contributed by atoms with van der Waals surface area (Å²) < 4.78 is 23.8. The van der Waals surface area contributed by atoms with Crippen LogP contribution < -0.4 is 30.3 Å². The Bertz CT molecular complexity index is 1230. The first kappa shape index (κ1) is 21.6. The predicted molar refractivity (Wildman–Crippen MR) is 127 cm³/mol. The first-order chi connectivity index (χ1) is 16.5. The van der Waals surface area contributed by atoms with Gasteiger partial charge in [-0.2, -0.15) is 0 Å². The van der Waals surface area contributed by atoms with Crippen LogP contribution in [0.3, 0.4) is 0 Å². The lowest BCUT2D eigenvalue weighted by molar-refractivity contribution is 0.102. The molecule has 8 nitrogen and oxygen atoms in total. The average molecular weight is 462 g/mol. The van der Waals surface area contributed by atoms with Gasteiger partial charge in [0.15, 0.2) is 11.5 Å². The molecule has 3 aromatic rings. The smallest absolute Gasteiger partial charge is 0.323 e. The minimum atomic E-state index is -0.429. The SMILES string of the molecule is O=C(Nc1ccc2c(c1)OCO2)Nc1cc(NC(=O)c2ccc(F)cc2)ccc1N1CCCC1. The predicted octanol–water partition coefficient (Wildman–Crippen LogP) is 5.05. The second kappa shape index (κ2) is 9.30. The summed E-state index contributed by atoms with van der Waals surface area (Å²) in [7, 11) is 0. The molecule has 1 saturated heterocycles. The molecular formula is C25H23FN4O4. The van der Waals surface area contributed by atoms with Gasteiger partial charge in [0.25, 0.3) is 5.91 Å². The molecule has 0 spiro atoms. The molecule has 2 heterocycles. The number of hydrogen-bond acceptors (Lipinski definition) is 5. The van der Waals surface area contributed by atoms with E-state index < -0.39 is 11.8 Å². The van der Waals surface area contributed by atoms with Crippen LogP contribution in [-0.2, 0) is 0 Å². The zero-order chi connectivity index (χ0) is 23.5. The highest BCUT2D eigenvalue weighted by atomic mass is 19.1. The van der Waals surface area contributed by atoms with Crippen molar-refractivity contribution in [2.75, 3.05) is 40.7 Å². The van der Waals surface area contributed by atoms with Gasteiger partial charge in [-0.1, -0.05) is 0 Å². The van der Waals surface area contributed by atoms with Crippen molar-refractivity contribution in [1.29, 1.82) is 0 Å². The van der Waals surface area contributed by atoms with E-state index in [1.54, 1.807) is 30.3 Å². The van der Waals surface area contributed by atoms with Gasteiger partial charge in [-0.05, 0) is 67.4 Å². The molecule has 0 aliphatic carbocycles. The van der Waals surface area contributed by atoms with Gasteiger partial charge in [0.1, 0.15) is 5.82 Å². The summed E-state index contributed by atoms with van der Waals surface area (Å²) in [4.78, 5) is 27.6. The minimum Gasteiger partial charge on any atom is -0.454 e. The van der Waals surface area contributed by atoms with E-state index in [0.717, 1.165) is 31.6 Å². The lowest BCUT2D eigenvalue weighted by Gasteiger charge is -2.22. The van der Waals surface area contributed by atoms with E-state index in [1.807, 2.05) is 6.07 Å². The molecule has 0 radical (unpaired) electrons. The molecule has 3 N–H and O–H groups in total. The number of benzene rings is 3. The van der Waals surface area contributed by atoms with Crippen molar-refractivity contribution in [3.05, 3.63) is 72.0 Å². The Morgan fingerprint density at radius 3 is 2.29 bits per heavy atom. The van der Waals surface area contributed by atoms with Crippen LogP contribution in [0.2, 0.25) is 0 Å². The Labute approximate surface area is 195 Å². The van der Waals surface area contributed by atoms with Crippen LogP contribution in [0.4, 0.5) is 31.9 Å². The van der Waals surface area contributed by atoms with E-state index in [1.165, 1.54) is 24.3 Å². The van der Waals surface area contributed by atoms with Crippen LogP contribution >= 0.6 is 0 Å². The maximum atomic E-state index is 13.2. The standard InChI is InChI=1S/C25H23FN4O4/c26-17-5-3-16(4-6-17)24(31)27-18-7-9-21(30-11-1-2-12-30)20(13-18)29-25(32)28-19-8-10-22-23(14-19)34-15-33-22/h3-10,13-14H,1-2,11-12,15H2,(H,27,31)(H2,28,29,32). The van der Waals surface area contributed by atoms with Gasteiger partial charge in [-0.3, -0.25) is 4.79 Å². The van der Waals surface area contributed by atoms with E-state index in [9.17, 15) is 14.0 Å². The summed E-state index contributed by atoms with van der Waals surface area (Å²) >= 11 is 0. The molecule has 0 atom stereocenters. The average Bonchev–Trinajstić information content (AvgIpc) is 3.51. The van der Waals surface area contributed by atoms with Crippen LogP contribution in [0.15, 0.2) is 60.7 Å². The number of carbonyl (C=O) groups excluding carboxylic acids is 2. The number of fused-ring (bicyclic) bond motifs is 1. The molecule has 0 aromatic heterocycles. The molecule has 2 aliphatic rings. The Balaban J connectivity index is 1.34. The van der Waals surface area contributed by atoms with Gasteiger partial charge in [0, 0.05) is 36.1 Å². The lowest BCUT2D eigenvalue weighted by Crippen LogP contribution is -2.24. The van der Waals surface area contributed by atoms with E-state index in [-0.39, 0.29) is 12.7 Å². The normalized spacial score (nSPS) is 14.1. The van der Waals surface area contributed by atoms with Crippen molar-refractivity contribution in [3.8, 4) is 11.5 Å². The highest BCUT2D eigenvalue weighted by Gasteiger charge is 2.19. The summed E-state index contributed by atoms with van der Waals surface area (Å²) in [5, 5.41) is 8.51. The summed E-state index contributed by atoms with van der Waals surface area (Å²) in [6.07, 6.45) is 2.15. The van der Waals surface area contributed by atoms with Crippen molar-refractivity contribution < 1.29 is 23.5 Å². The van der Waals surface area contributed by atoms with E-state index >= 15 is 0 Å². The Morgan fingerprint density at radius 1 is 0.794 bits per heavy atom. The lowest BCUT2D eigenvalue weighted by atomic mass is 10.2. The second-order valence-electron chi connectivity index (χ2n) is 8.03. The van der Waals surface area contributed by atoms with Gasteiger partial charge in [0.2, 0.25) is 6.79 Å². The van der Waals surface area contributed by atoms with Gasteiger partial charge >= 0.3 is 6.03 Å². The summed E-state index contributed by atoms with van der Waals surface area (Å²) in [5.74, 6) is 0.420. The first-order valence-corrected chi connectivity index (χ1v) is 11.0. The molecule has 9 heteroatoms. The third-order valence-electron chi connectivity index (χ3n) is 5.69. The van der Waals surface area contributed by atoms with Crippen LogP contribution in [0.1, 0.15) is 23.2 Å². The zero-order valence-electron chi connectivity index (χ0n) is 18.3. The molecule has 0 bridgehead atoms. The van der Waals surface area contributed by atoms with Crippen LogP contribution in [0, 0.1) is 5.82 Å².